The van der Waals surface area contributed by atoms with E-state index in [0.717, 1.165) is 16.8 Å². The van der Waals surface area contributed by atoms with E-state index in [1.165, 1.54) is 0 Å². The molecule has 0 bridgehead atoms. The van der Waals surface area contributed by atoms with Gasteiger partial charge in [-0.25, -0.2) is 4.99 Å². The first-order valence-electron chi connectivity index (χ1n) is 7.29. The van der Waals surface area contributed by atoms with Gasteiger partial charge < -0.3 is 22.5 Å². The first-order valence-corrected chi connectivity index (χ1v) is 7.29. The fourth-order valence-corrected chi connectivity index (χ4v) is 2.12. The van der Waals surface area contributed by atoms with Crippen molar-refractivity contribution in [1.29, 1.82) is 0 Å². The number of aliphatic imine (C=N–C) groups is 2. The second kappa shape index (κ2) is 7.28. The van der Waals surface area contributed by atoms with Crippen LogP contribution in [0.3, 0.4) is 0 Å². The van der Waals surface area contributed by atoms with E-state index in [1.807, 2.05) is 32.0 Å². The van der Waals surface area contributed by atoms with Crippen LogP contribution in [0.1, 0.15) is 21.5 Å². The number of carbonyl (C=O) groups is 1. The normalized spacial score (nSPS) is 11.0. The van der Waals surface area contributed by atoms with Gasteiger partial charge in [-0.1, -0.05) is 24.3 Å². The van der Waals surface area contributed by atoms with Crippen molar-refractivity contribution in [2.24, 2.45) is 27.2 Å². The van der Waals surface area contributed by atoms with Gasteiger partial charge in [0.15, 0.2) is 5.96 Å². The SMILES string of the molecule is Cc1cccc(NC(=O)c2ccccc2N=C(N)N=C(N)N)c1C. The van der Waals surface area contributed by atoms with E-state index in [2.05, 4.69) is 15.3 Å². The van der Waals surface area contributed by atoms with Gasteiger partial charge in [0.05, 0.1) is 11.3 Å². The highest BCUT2D eigenvalue weighted by molar-refractivity contribution is 6.08. The summed E-state index contributed by atoms with van der Waals surface area (Å²) in [6, 6.07) is 12.5. The molecule has 0 aliphatic heterocycles. The van der Waals surface area contributed by atoms with Crippen LogP contribution in [0.5, 0.6) is 0 Å². The zero-order valence-corrected chi connectivity index (χ0v) is 13.6. The van der Waals surface area contributed by atoms with Crippen molar-refractivity contribution in [3.63, 3.8) is 0 Å². The van der Waals surface area contributed by atoms with E-state index in [4.69, 9.17) is 17.2 Å². The molecule has 0 radical (unpaired) electrons. The van der Waals surface area contributed by atoms with Gasteiger partial charge in [0, 0.05) is 5.69 Å². The summed E-state index contributed by atoms with van der Waals surface area (Å²) in [6.07, 6.45) is 0. The van der Waals surface area contributed by atoms with Gasteiger partial charge in [-0.2, -0.15) is 4.99 Å². The number of para-hydroxylation sites is 1. The van der Waals surface area contributed by atoms with Crippen molar-refractivity contribution in [2.75, 3.05) is 5.32 Å². The Labute approximate surface area is 140 Å². The minimum absolute atomic E-state index is 0.123. The largest absolute Gasteiger partial charge is 0.370 e. The van der Waals surface area contributed by atoms with Crippen molar-refractivity contribution < 1.29 is 4.79 Å². The van der Waals surface area contributed by atoms with Crippen LogP contribution in [-0.4, -0.2) is 17.8 Å². The zero-order chi connectivity index (χ0) is 17.7. The molecule has 0 unspecified atom stereocenters. The number of guanidine groups is 2. The average molecular weight is 324 g/mol. The Balaban J connectivity index is 2.34. The molecule has 0 spiro atoms. The Morgan fingerprint density at radius 3 is 2.42 bits per heavy atom. The van der Waals surface area contributed by atoms with Crippen LogP contribution < -0.4 is 22.5 Å². The number of aryl methyl sites for hydroxylation is 1. The number of carbonyl (C=O) groups excluding carboxylic acids is 1. The van der Waals surface area contributed by atoms with Crippen LogP contribution >= 0.6 is 0 Å². The van der Waals surface area contributed by atoms with Gasteiger partial charge in [-0.05, 0) is 43.2 Å². The summed E-state index contributed by atoms with van der Waals surface area (Å²) < 4.78 is 0. The molecule has 0 heterocycles. The summed E-state index contributed by atoms with van der Waals surface area (Å²) in [5.74, 6) is -0.615. The summed E-state index contributed by atoms with van der Waals surface area (Å²) in [7, 11) is 0. The molecule has 0 saturated carbocycles. The highest BCUT2D eigenvalue weighted by Gasteiger charge is 2.12. The van der Waals surface area contributed by atoms with E-state index in [1.54, 1.807) is 24.3 Å². The number of rotatable bonds is 3. The summed E-state index contributed by atoms with van der Waals surface area (Å²) in [5.41, 5.74) is 19.8. The molecule has 0 saturated heterocycles. The lowest BCUT2D eigenvalue weighted by molar-refractivity contribution is 0.102. The summed E-state index contributed by atoms with van der Waals surface area (Å²) in [6.45, 7) is 3.94. The molecule has 2 aromatic rings. The molecule has 0 aliphatic rings. The fraction of sp³-hybridized carbons (Fsp3) is 0.118. The lowest BCUT2D eigenvalue weighted by atomic mass is 10.1. The predicted octanol–water partition coefficient (Wildman–Crippen LogP) is 1.78. The van der Waals surface area contributed by atoms with Crippen molar-refractivity contribution in [3.8, 4) is 0 Å². The van der Waals surface area contributed by atoms with E-state index in [0.29, 0.717) is 11.3 Å². The molecule has 0 aliphatic carbocycles. The first-order chi connectivity index (χ1) is 11.4. The number of benzene rings is 2. The van der Waals surface area contributed by atoms with E-state index < -0.39 is 0 Å². The maximum atomic E-state index is 12.6. The van der Waals surface area contributed by atoms with Crippen LogP contribution in [0.4, 0.5) is 11.4 Å². The smallest absolute Gasteiger partial charge is 0.257 e. The van der Waals surface area contributed by atoms with Crippen LogP contribution in [0.25, 0.3) is 0 Å². The third-order valence-electron chi connectivity index (χ3n) is 3.48. The minimum atomic E-state index is -0.291. The number of nitrogens with zero attached hydrogens (tertiary/aromatic N) is 2. The summed E-state index contributed by atoms with van der Waals surface area (Å²) >= 11 is 0. The molecular weight excluding hydrogens is 304 g/mol. The molecule has 7 N–H and O–H groups in total. The van der Waals surface area contributed by atoms with E-state index in [-0.39, 0.29) is 17.8 Å². The quantitative estimate of drug-likeness (QED) is 0.506. The number of amides is 1. The molecule has 2 aromatic carbocycles. The Morgan fingerprint density at radius 1 is 1.00 bits per heavy atom. The Hall–Kier alpha value is -3.35. The second-order valence-corrected chi connectivity index (χ2v) is 5.23. The number of anilines is 1. The Kier molecular flexibility index (Phi) is 5.16. The molecule has 7 heteroatoms. The van der Waals surface area contributed by atoms with Crippen molar-refractivity contribution in [1.82, 2.24) is 0 Å². The lowest BCUT2D eigenvalue weighted by Crippen LogP contribution is -2.26. The molecule has 1 amide bonds. The van der Waals surface area contributed by atoms with Gasteiger partial charge in [-0.15, -0.1) is 0 Å². The second-order valence-electron chi connectivity index (χ2n) is 5.23. The number of hydrogen-bond donors (Lipinski definition) is 4. The number of nitrogens with two attached hydrogens (primary N) is 3. The first kappa shape index (κ1) is 17.0. The highest BCUT2D eigenvalue weighted by atomic mass is 16.1. The van der Waals surface area contributed by atoms with E-state index >= 15 is 0 Å². The fourth-order valence-electron chi connectivity index (χ4n) is 2.12. The molecule has 24 heavy (non-hydrogen) atoms. The maximum Gasteiger partial charge on any atom is 0.257 e. The van der Waals surface area contributed by atoms with Gasteiger partial charge in [0.2, 0.25) is 5.96 Å². The average Bonchev–Trinajstić information content (AvgIpc) is 2.51. The Bertz CT molecular complexity index is 822. The van der Waals surface area contributed by atoms with Crippen LogP contribution in [0.15, 0.2) is 52.4 Å². The summed E-state index contributed by atoms with van der Waals surface area (Å²) in [4.78, 5) is 20.3. The lowest BCUT2D eigenvalue weighted by Gasteiger charge is -2.11. The monoisotopic (exact) mass is 324 g/mol. The summed E-state index contributed by atoms with van der Waals surface area (Å²) in [5, 5.41) is 2.89. The van der Waals surface area contributed by atoms with Crippen molar-refractivity contribution in [2.45, 2.75) is 13.8 Å². The molecule has 2 rings (SSSR count). The van der Waals surface area contributed by atoms with Crippen molar-refractivity contribution >= 4 is 29.2 Å². The molecule has 0 aromatic heterocycles. The molecule has 7 nitrogen and oxygen atoms in total. The van der Waals surface area contributed by atoms with E-state index in [9.17, 15) is 4.79 Å². The third kappa shape index (κ3) is 4.10. The Morgan fingerprint density at radius 2 is 1.71 bits per heavy atom. The van der Waals surface area contributed by atoms with Gasteiger partial charge in [0.1, 0.15) is 0 Å². The molecule has 124 valence electrons. The zero-order valence-electron chi connectivity index (χ0n) is 13.6. The standard InChI is InChI=1S/C17H20N6O/c1-10-6-5-9-13(11(10)2)21-15(24)12-7-3-4-8-14(12)22-17(20)23-16(18)19/h3-9H,1-2H3,(H,21,24)(H6,18,19,20,22,23). The van der Waals surface area contributed by atoms with Crippen LogP contribution in [0.2, 0.25) is 0 Å². The number of nitrogens with one attached hydrogen (secondary N) is 1. The molecule has 0 fully saturated rings. The topological polar surface area (TPSA) is 132 Å². The third-order valence-corrected chi connectivity index (χ3v) is 3.48. The minimum Gasteiger partial charge on any atom is -0.370 e. The number of hydrogen-bond acceptors (Lipinski definition) is 2. The van der Waals surface area contributed by atoms with Crippen molar-refractivity contribution in [3.05, 3.63) is 59.2 Å². The molecule has 0 atom stereocenters. The van der Waals surface area contributed by atoms with Gasteiger partial charge in [-0.3, -0.25) is 4.79 Å². The van der Waals surface area contributed by atoms with Crippen LogP contribution in [-0.2, 0) is 0 Å². The molecular formula is C17H20N6O. The van der Waals surface area contributed by atoms with Gasteiger partial charge in [0.25, 0.3) is 5.91 Å². The highest BCUT2D eigenvalue weighted by Crippen LogP contribution is 2.23. The maximum absolute atomic E-state index is 12.6. The van der Waals surface area contributed by atoms with Gasteiger partial charge >= 0.3 is 0 Å². The predicted molar refractivity (Wildman–Crippen MR) is 97.4 cm³/mol. The van der Waals surface area contributed by atoms with Crippen LogP contribution in [0, 0.1) is 13.8 Å².